The fourth-order valence-corrected chi connectivity index (χ4v) is 3.03. The van der Waals surface area contributed by atoms with Crippen LogP contribution < -0.4 is 4.72 Å². The predicted molar refractivity (Wildman–Crippen MR) is 75.9 cm³/mol. The molecule has 0 bridgehead atoms. The molecule has 0 fully saturated rings. The van der Waals surface area contributed by atoms with Crippen molar-refractivity contribution in [3.05, 3.63) is 48.2 Å². The summed E-state index contributed by atoms with van der Waals surface area (Å²) in [6, 6.07) is 10.2. The van der Waals surface area contributed by atoms with Crippen molar-refractivity contribution < 1.29 is 8.42 Å². The molecule has 0 atom stereocenters. The second-order valence-electron chi connectivity index (χ2n) is 4.39. The van der Waals surface area contributed by atoms with Gasteiger partial charge in [-0.05, 0) is 36.8 Å². The van der Waals surface area contributed by atoms with Gasteiger partial charge in [0, 0.05) is 6.20 Å². The van der Waals surface area contributed by atoms with Crippen molar-refractivity contribution in [1.29, 1.82) is 0 Å². The van der Waals surface area contributed by atoms with Crippen molar-refractivity contribution in [2.24, 2.45) is 0 Å². The second-order valence-corrected chi connectivity index (χ2v) is 6.08. The molecule has 20 heavy (non-hydrogen) atoms. The van der Waals surface area contributed by atoms with E-state index in [1.54, 1.807) is 36.5 Å². The largest absolute Gasteiger partial charge is 0.263 e. The number of hydrogen-bond donors (Lipinski definition) is 2. The van der Waals surface area contributed by atoms with Crippen molar-refractivity contribution in [2.75, 3.05) is 4.72 Å². The maximum atomic E-state index is 12.3. The molecule has 2 N–H and O–H groups in total. The molecule has 3 rings (SSSR count). The lowest BCUT2D eigenvalue weighted by Crippen LogP contribution is -2.13. The summed E-state index contributed by atoms with van der Waals surface area (Å²) in [6.45, 7) is 1.84. The number of nitrogens with zero attached hydrogens (tertiary/aromatic N) is 2. The SMILES string of the molecule is Cc1cccc(S(=O)(=O)Nc2n[nH]c3ncccc23)c1. The van der Waals surface area contributed by atoms with Crippen LogP contribution in [0.1, 0.15) is 5.56 Å². The molecule has 0 amide bonds. The monoisotopic (exact) mass is 288 g/mol. The number of sulfonamides is 1. The molecule has 0 aliphatic rings. The number of anilines is 1. The van der Waals surface area contributed by atoms with E-state index in [0.29, 0.717) is 11.0 Å². The van der Waals surface area contributed by atoms with Gasteiger partial charge in [0.1, 0.15) is 0 Å². The first-order valence-electron chi connectivity index (χ1n) is 5.95. The van der Waals surface area contributed by atoms with E-state index in [1.807, 2.05) is 13.0 Å². The number of benzene rings is 1. The number of aromatic nitrogens is 3. The van der Waals surface area contributed by atoms with Gasteiger partial charge in [-0.2, -0.15) is 5.10 Å². The molecule has 0 saturated carbocycles. The van der Waals surface area contributed by atoms with E-state index in [-0.39, 0.29) is 10.7 Å². The zero-order chi connectivity index (χ0) is 14.2. The molecule has 1 aromatic carbocycles. The highest BCUT2D eigenvalue weighted by atomic mass is 32.2. The third kappa shape index (κ3) is 2.23. The van der Waals surface area contributed by atoms with Crippen LogP contribution in [0.15, 0.2) is 47.5 Å². The minimum atomic E-state index is -3.66. The molecule has 102 valence electrons. The molecule has 2 heterocycles. The number of hydrogen-bond acceptors (Lipinski definition) is 4. The number of fused-ring (bicyclic) bond motifs is 1. The third-order valence-corrected chi connectivity index (χ3v) is 4.20. The van der Waals surface area contributed by atoms with Gasteiger partial charge in [-0.15, -0.1) is 0 Å². The van der Waals surface area contributed by atoms with Gasteiger partial charge >= 0.3 is 0 Å². The summed E-state index contributed by atoms with van der Waals surface area (Å²) >= 11 is 0. The average molecular weight is 288 g/mol. The van der Waals surface area contributed by atoms with E-state index < -0.39 is 10.0 Å². The van der Waals surface area contributed by atoms with Crippen LogP contribution in [0.2, 0.25) is 0 Å². The van der Waals surface area contributed by atoms with E-state index in [0.717, 1.165) is 5.56 Å². The fourth-order valence-electron chi connectivity index (χ4n) is 1.90. The van der Waals surface area contributed by atoms with E-state index in [1.165, 1.54) is 0 Å². The van der Waals surface area contributed by atoms with Crippen LogP contribution in [0.5, 0.6) is 0 Å². The Morgan fingerprint density at radius 3 is 2.85 bits per heavy atom. The van der Waals surface area contributed by atoms with Crippen LogP contribution in [0, 0.1) is 6.92 Å². The topological polar surface area (TPSA) is 87.7 Å². The summed E-state index contributed by atoms with van der Waals surface area (Å²) in [7, 11) is -3.66. The maximum Gasteiger partial charge on any atom is 0.263 e. The maximum absolute atomic E-state index is 12.3. The van der Waals surface area contributed by atoms with Gasteiger partial charge in [0.05, 0.1) is 10.3 Å². The Kier molecular flexibility index (Phi) is 2.90. The summed E-state index contributed by atoms with van der Waals surface area (Å²) in [5.74, 6) is 0.245. The van der Waals surface area contributed by atoms with Crippen molar-refractivity contribution in [2.45, 2.75) is 11.8 Å². The third-order valence-electron chi connectivity index (χ3n) is 2.87. The minimum Gasteiger partial charge on any atom is -0.261 e. The molecule has 6 nitrogen and oxygen atoms in total. The molecule has 0 spiro atoms. The molecule has 3 aromatic rings. The van der Waals surface area contributed by atoms with Crippen LogP contribution in [0.25, 0.3) is 11.0 Å². The van der Waals surface area contributed by atoms with Gasteiger partial charge in [-0.1, -0.05) is 12.1 Å². The van der Waals surface area contributed by atoms with Crippen LogP contribution in [-0.4, -0.2) is 23.6 Å². The normalized spacial score (nSPS) is 11.7. The summed E-state index contributed by atoms with van der Waals surface area (Å²) in [4.78, 5) is 4.27. The van der Waals surface area contributed by atoms with Crippen molar-refractivity contribution in [3.63, 3.8) is 0 Å². The zero-order valence-corrected chi connectivity index (χ0v) is 11.5. The Morgan fingerprint density at radius 2 is 2.05 bits per heavy atom. The Hall–Kier alpha value is -2.41. The summed E-state index contributed by atoms with van der Waals surface area (Å²) in [6.07, 6.45) is 1.61. The minimum absolute atomic E-state index is 0.206. The van der Waals surface area contributed by atoms with E-state index in [9.17, 15) is 8.42 Å². The smallest absolute Gasteiger partial charge is 0.261 e. The predicted octanol–water partition coefficient (Wildman–Crippen LogP) is 2.07. The Bertz CT molecular complexity index is 871. The van der Waals surface area contributed by atoms with E-state index in [4.69, 9.17) is 0 Å². The Morgan fingerprint density at radius 1 is 1.20 bits per heavy atom. The van der Waals surface area contributed by atoms with Gasteiger partial charge in [-0.25, -0.2) is 13.4 Å². The molecule has 2 aromatic heterocycles. The molecule has 0 aliphatic heterocycles. The zero-order valence-electron chi connectivity index (χ0n) is 10.7. The molecule has 0 saturated heterocycles. The van der Waals surface area contributed by atoms with E-state index in [2.05, 4.69) is 19.9 Å². The Labute approximate surface area is 115 Å². The lowest BCUT2D eigenvalue weighted by molar-refractivity contribution is 0.601. The first-order chi connectivity index (χ1) is 9.56. The summed E-state index contributed by atoms with van der Waals surface area (Å²) in [5.41, 5.74) is 1.41. The first-order valence-corrected chi connectivity index (χ1v) is 7.43. The number of pyridine rings is 1. The summed E-state index contributed by atoms with van der Waals surface area (Å²) in [5, 5.41) is 7.26. The van der Waals surface area contributed by atoms with Crippen LogP contribution in [0.3, 0.4) is 0 Å². The molecule has 7 heteroatoms. The highest BCUT2D eigenvalue weighted by Crippen LogP contribution is 2.21. The quantitative estimate of drug-likeness (QED) is 0.772. The highest BCUT2D eigenvalue weighted by molar-refractivity contribution is 7.92. The lowest BCUT2D eigenvalue weighted by Gasteiger charge is -2.06. The van der Waals surface area contributed by atoms with Crippen molar-refractivity contribution >= 4 is 26.9 Å². The van der Waals surface area contributed by atoms with Gasteiger partial charge < -0.3 is 0 Å². The molecular formula is C13H12N4O2S. The highest BCUT2D eigenvalue weighted by Gasteiger charge is 2.17. The van der Waals surface area contributed by atoms with E-state index >= 15 is 0 Å². The number of aromatic amines is 1. The van der Waals surface area contributed by atoms with Gasteiger partial charge in [0.2, 0.25) is 0 Å². The molecule has 0 radical (unpaired) electrons. The lowest BCUT2D eigenvalue weighted by atomic mass is 10.2. The number of nitrogens with one attached hydrogen (secondary N) is 2. The van der Waals surface area contributed by atoms with Gasteiger partial charge in [0.25, 0.3) is 10.0 Å². The van der Waals surface area contributed by atoms with Crippen LogP contribution >= 0.6 is 0 Å². The molecule has 0 aliphatic carbocycles. The second kappa shape index (κ2) is 4.61. The average Bonchev–Trinajstić information content (AvgIpc) is 2.82. The molecular weight excluding hydrogens is 276 g/mol. The Balaban J connectivity index is 2.02. The van der Waals surface area contributed by atoms with Gasteiger partial charge in [0.15, 0.2) is 11.5 Å². The summed E-state index contributed by atoms with van der Waals surface area (Å²) < 4.78 is 27.1. The van der Waals surface area contributed by atoms with Crippen molar-refractivity contribution in [1.82, 2.24) is 15.2 Å². The number of rotatable bonds is 3. The van der Waals surface area contributed by atoms with Gasteiger partial charge in [-0.3, -0.25) is 9.82 Å². The number of aryl methyl sites for hydroxylation is 1. The number of H-pyrrole nitrogens is 1. The van der Waals surface area contributed by atoms with Crippen LogP contribution in [-0.2, 0) is 10.0 Å². The molecule has 0 unspecified atom stereocenters. The van der Waals surface area contributed by atoms with Crippen molar-refractivity contribution in [3.8, 4) is 0 Å². The fraction of sp³-hybridized carbons (Fsp3) is 0.0769. The van der Waals surface area contributed by atoms with Crippen LogP contribution in [0.4, 0.5) is 5.82 Å². The first kappa shape index (κ1) is 12.6. The standard InChI is InChI=1S/C13H12N4O2S/c1-9-4-2-5-10(8-9)20(18,19)17-13-11-6-3-7-14-12(11)15-16-13/h2-8H,1H3,(H2,14,15,16,17).